The van der Waals surface area contributed by atoms with E-state index >= 15 is 0 Å². The van der Waals surface area contributed by atoms with Gasteiger partial charge in [0.15, 0.2) is 0 Å². The van der Waals surface area contributed by atoms with Crippen molar-refractivity contribution in [3.05, 3.63) is 33.9 Å². The quantitative estimate of drug-likeness (QED) is 0.628. The van der Waals surface area contributed by atoms with Crippen LogP contribution in [0.25, 0.3) is 0 Å². The minimum atomic E-state index is -0.363. The minimum Gasteiger partial charge on any atom is -0.380 e. The van der Waals surface area contributed by atoms with Crippen molar-refractivity contribution < 1.29 is 9.66 Å². The van der Waals surface area contributed by atoms with E-state index in [1.165, 1.54) is 6.07 Å². The fourth-order valence-electron chi connectivity index (χ4n) is 1.83. The van der Waals surface area contributed by atoms with E-state index in [1.807, 2.05) is 0 Å². The zero-order valence-electron chi connectivity index (χ0n) is 9.10. The zero-order chi connectivity index (χ0) is 11.5. The molecular weight excluding hydrogens is 208 g/mol. The SMILES string of the molecule is Cc1cc(NC2CCOC2)ccc1[N+](=O)[O-]. The molecule has 86 valence electrons. The Balaban J connectivity index is 2.11. The van der Waals surface area contributed by atoms with Crippen molar-refractivity contribution in [1.29, 1.82) is 0 Å². The molecule has 0 amide bonds. The van der Waals surface area contributed by atoms with Crippen LogP contribution in [0, 0.1) is 17.0 Å². The van der Waals surface area contributed by atoms with Crippen LogP contribution in [0.15, 0.2) is 18.2 Å². The van der Waals surface area contributed by atoms with Gasteiger partial charge in [-0.05, 0) is 25.5 Å². The number of aryl methyl sites for hydroxylation is 1. The van der Waals surface area contributed by atoms with Gasteiger partial charge in [0.2, 0.25) is 0 Å². The lowest BCUT2D eigenvalue weighted by Gasteiger charge is -2.12. The average Bonchev–Trinajstić information content (AvgIpc) is 2.70. The standard InChI is InChI=1S/C11H14N2O3/c1-8-6-9(2-3-11(8)13(14)15)12-10-4-5-16-7-10/h2-3,6,10,12H,4-5,7H2,1H3. The fourth-order valence-corrected chi connectivity index (χ4v) is 1.83. The second-order valence-corrected chi connectivity index (χ2v) is 3.96. The molecular formula is C11H14N2O3. The number of nitro groups is 1. The summed E-state index contributed by atoms with van der Waals surface area (Å²) in [7, 11) is 0. The summed E-state index contributed by atoms with van der Waals surface area (Å²) in [4.78, 5) is 10.3. The van der Waals surface area contributed by atoms with Gasteiger partial charge in [0, 0.05) is 23.9 Å². The largest absolute Gasteiger partial charge is 0.380 e. The first-order valence-electron chi connectivity index (χ1n) is 5.26. The van der Waals surface area contributed by atoms with Crippen molar-refractivity contribution in [3.63, 3.8) is 0 Å². The molecule has 1 fully saturated rings. The van der Waals surface area contributed by atoms with Gasteiger partial charge in [-0.25, -0.2) is 0 Å². The smallest absolute Gasteiger partial charge is 0.272 e. The number of hydrogen-bond donors (Lipinski definition) is 1. The van der Waals surface area contributed by atoms with Gasteiger partial charge in [0.05, 0.1) is 17.6 Å². The van der Waals surface area contributed by atoms with Crippen molar-refractivity contribution in [2.24, 2.45) is 0 Å². The maximum atomic E-state index is 10.6. The predicted octanol–water partition coefficient (Wildman–Crippen LogP) is 2.10. The van der Waals surface area contributed by atoms with Gasteiger partial charge in [0.25, 0.3) is 5.69 Å². The van der Waals surface area contributed by atoms with Crippen molar-refractivity contribution >= 4 is 11.4 Å². The molecule has 1 unspecified atom stereocenters. The summed E-state index contributed by atoms with van der Waals surface area (Å²) in [6.45, 7) is 3.23. The van der Waals surface area contributed by atoms with E-state index in [0.717, 1.165) is 18.7 Å². The lowest BCUT2D eigenvalue weighted by atomic mass is 10.1. The number of nitrogens with zero attached hydrogens (tertiary/aromatic N) is 1. The Bertz CT molecular complexity index is 400. The first-order valence-corrected chi connectivity index (χ1v) is 5.26. The topological polar surface area (TPSA) is 64.4 Å². The Kier molecular flexibility index (Phi) is 3.05. The molecule has 0 aromatic heterocycles. The molecule has 0 saturated carbocycles. The average molecular weight is 222 g/mol. The highest BCUT2D eigenvalue weighted by atomic mass is 16.6. The van der Waals surface area contributed by atoms with Crippen LogP contribution >= 0.6 is 0 Å². The third-order valence-electron chi connectivity index (χ3n) is 2.69. The van der Waals surface area contributed by atoms with Crippen molar-refractivity contribution in [2.75, 3.05) is 18.5 Å². The van der Waals surface area contributed by atoms with Crippen LogP contribution in [0.3, 0.4) is 0 Å². The van der Waals surface area contributed by atoms with Gasteiger partial charge >= 0.3 is 0 Å². The number of hydrogen-bond acceptors (Lipinski definition) is 4. The van der Waals surface area contributed by atoms with E-state index < -0.39 is 0 Å². The van der Waals surface area contributed by atoms with E-state index in [9.17, 15) is 10.1 Å². The summed E-state index contributed by atoms with van der Waals surface area (Å²) in [5, 5.41) is 13.9. The maximum Gasteiger partial charge on any atom is 0.272 e. The molecule has 1 saturated heterocycles. The third-order valence-corrected chi connectivity index (χ3v) is 2.69. The van der Waals surface area contributed by atoms with Gasteiger partial charge in [-0.2, -0.15) is 0 Å². The van der Waals surface area contributed by atoms with Crippen LogP contribution in [0.2, 0.25) is 0 Å². The van der Waals surface area contributed by atoms with Crippen molar-refractivity contribution in [1.82, 2.24) is 0 Å². The molecule has 5 nitrogen and oxygen atoms in total. The van der Waals surface area contributed by atoms with Gasteiger partial charge < -0.3 is 10.1 Å². The number of rotatable bonds is 3. The number of ether oxygens (including phenoxy) is 1. The first kappa shape index (κ1) is 10.9. The molecule has 0 radical (unpaired) electrons. The first-order chi connectivity index (χ1) is 7.66. The lowest BCUT2D eigenvalue weighted by molar-refractivity contribution is -0.385. The molecule has 2 rings (SSSR count). The van der Waals surface area contributed by atoms with Crippen LogP contribution < -0.4 is 5.32 Å². The molecule has 1 heterocycles. The lowest BCUT2D eigenvalue weighted by Crippen LogP contribution is -2.18. The van der Waals surface area contributed by atoms with E-state index in [-0.39, 0.29) is 10.6 Å². The van der Waals surface area contributed by atoms with E-state index in [4.69, 9.17) is 4.74 Å². The van der Waals surface area contributed by atoms with Crippen molar-refractivity contribution in [3.8, 4) is 0 Å². The number of benzene rings is 1. The summed E-state index contributed by atoms with van der Waals surface area (Å²) in [5.74, 6) is 0. The predicted molar refractivity (Wildman–Crippen MR) is 60.7 cm³/mol. The molecule has 5 heteroatoms. The second kappa shape index (κ2) is 4.49. The zero-order valence-corrected chi connectivity index (χ0v) is 9.10. The Labute approximate surface area is 93.6 Å². The molecule has 1 aliphatic heterocycles. The molecule has 1 atom stereocenters. The van der Waals surface area contributed by atoms with Crippen LogP contribution in [0.1, 0.15) is 12.0 Å². The number of nitrogens with one attached hydrogen (secondary N) is 1. The molecule has 16 heavy (non-hydrogen) atoms. The second-order valence-electron chi connectivity index (χ2n) is 3.96. The van der Waals surface area contributed by atoms with Crippen molar-refractivity contribution in [2.45, 2.75) is 19.4 Å². The van der Waals surface area contributed by atoms with Gasteiger partial charge in [-0.3, -0.25) is 10.1 Å². The minimum absolute atomic E-state index is 0.160. The normalized spacial score (nSPS) is 19.7. The summed E-state index contributed by atoms with van der Waals surface area (Å²) < 4.78 is 5.25. The monoisotopic (exact) mass is 222 g/mol. The van der Waals surface area contributed by atoms with E-state index in [1.54, 1.807) is 19.1 Å². The Morgan fingerprint density at radius 3 is 2.94 bits per heavy atom. The molecule has 0 aliphatic carbocycles. The Hall–Kier alpha value is -1.62. The van der Waals surface area contributed by atoms with Crippen LogP contribution in [0.5, 0.6) is 0 Å². The number of nitro benzene ring substituents is 1. The molecule has 0 bridgehead atoms. The summed E-state index contributed by atoms with van der Waals surface area (Å²) >= 11 is 0. The highest BCUT2D eigenvalue weighted by Crippen LogP contribution is 2.22. The highest BCUT2D eigenvalue weighted by Gasteiger charge is 2.16. The highest BCUT2D eigenvalue weighted by molar-refractivity contribution is 5.54. The molecule has 0 spiro atoms. The Morgan fingerprint density at radius 1 is 1.56 bits per heavy atom. The molecule has 1 aromatic rings. The number of anilines is 1. The van der Waals surface area contributed by atoms with Gasteiger partial charge in [0.1, 0.15) is 0 Å². The van der Waals surface area contributed by atoms with Crippen LogP contribution in [0.4, 0.5) is 11.4 Å². The summed E-state index contributed by atoms with van der Waals surface area (Å²) in [6.07, 6.45) is 0.982. The molecule has 1 N–H and O–H groups in total. The Morgan fingerprint density at radius 2 is 2.38 bits per heavy atom. The fraction of sp³-hybridized carbons (Fsp3) is 0.455. The maximum absolute atomic E-state index is 10.6. The van der Waals surface area contributed by atoms with E-state index in [0.29, 0.717) is 18.2 Å². The third kappa shape index (κ3) is 2.30. The van der Waals surface area contributed by atoms with Gasteiger partial charge in [-0.1, -0.05) is 0 Å². The van der Waals surface area contributed by atoms with Crippen LogP contribution in [-0.2, 0) is 4.74 Å². The summed E-state index contributed by atoms with van der Waals surface area (Å²) in [5.41, 5.74) is 1.75. The van der Waals surface area contributed by atoms with E-state index in [2.05, 4.69) is 5.32 Å². The van der Waals surface area contributed by atoms with Gasteiger partial charge in [-0.15, -0.1) is 0 Å². The molecule has 1 aromatic carbocycles. The van der Waals surface area contributed by atoms with Crippen LogP contribution in [-0.4, -0.2) is 24.2 Å². The summed E-state index contributed by atoms with van der Waals surface area (Å²) in [6, 6.07) is 5.40. The molecule has 1 aliphatic rings.